The van der Waals surface area contributed by atoms with Crippen molar-refractivity contribution in [3.05, 3.63) is 34.0 Å². The minimum Gasteiger partial charge on any atom is -0.458 e. The molecule has 0 unspecified atom stereocenters. The molecule has 0 amide bonds. The molecule has 0 radical (unpaired) electrons. The number of hydrogen-bond donors (Lipinski definition) is 4. The summed E-state index contributed by atoms with van der Waals surface area (Å²) in [5, 5.41) is 47.8. The fourth-order valence-corrected chi connectivity index (χ4v) is 14.1. The minimum absolute atomic E-state index is 0.00937. The van der Waals surface area contributed by atoms with E-state index in [9.17, 15) is 30.0 Å². The van der Waals surface area contributed by atoms with Crippen molar-refractivity contribution >= 4 is 23.3 Å². The van der Waals surface area contributed by atoms with Crippen molar-refractivity contribution in [1.82, 2.24) is 0 Å². The second-order valence-electron chi connectivity index (χ2n) is 20.1. The van der Waals surface area contributed by atoms with Crippen LogP contribution in [-0.2, 0) is 42.7 Å². The van der Waals surface area contributed by atoms with Crippen LogP contribution in [0.25, 0.3) is 0 Å². The molecule has 4 aliphatic heterocycles. The van der Waals surface area contributed by atoms with Crippen LogP contribution in [0.5, 0.6) is 0 Å². The van der Waals surface area contributed by atoms with Crippen molar-refractivity contribution in [3.8, 4) is 0 Å². The quantitative estimate of drug-likeness (QED) is 0.188. The number of fused-ring (bicyclic) bond motifs is 5. The third kappa shape index (κ3) is 8.08. The average Bonchev–Trinajstić information content (AvgIpc) is 3.96. The summed E-state index contributed by atoms with van der Waals surface area (Å²) >= 11 is 1.26. The van der Waals surface area contributed by atoms with E-state index < -0.39 is 85.4 Å². The van der Waals surface area contributed by atoms with Gasteiger partial charge in [0.15, 0.2) is 25.0 Å². The molecule has 14 nitrogen and oxygen atoms in total. The number of carbonyl (C=O) groups is 2. The van der Waals surface area contributed by atoms with E-state index in [-0.39, 0.29) is 54.0 Å². The molecule has 0 aromatic carbocycles. The lowest BCUT2D eigenvalue weighted by Gasteiger charge is -2.64. The first kappa shape index (κ1) is 44.2. The Bertz CT molecular complexity index is 1740. The molecule has 61 heavy (non-hydrogen) atoms. The second-order valence-corrected chi connectivity index (χ2v) is 21.0. The van der Waals surface area contributed by atoms with Gasteiger partial charge in [0.1, 0.15) is 23.7 Å². The summed E-state index contributed by atoms with van der Waals surface area (Å²) in [6.45, 7) is 10.4. The van der Waals surface area contributed by atoms with Crippen molar-refractivity contribution in [2.24, 2.45) is 34.5 Å². The first-order valence-corrected chi connectivity index (χ1v) is 23.7. The molecule has 4 aliphatic carbocycles. The number of cyclic esters (lactones) is 1. The summed E-state index contributed by atoms with van der Waals surface area (Å²) in [6.07, 6.45) is 1.44. The Balaban J connectivity index is 0.738. The van der Waals surface area contributed by atoms with E-state index in [4.69, 9.17) is 37.9 Å². The molecule has 15 heteroatoms. The van der Waals surface area contributed by atoms with Crippen LogP contribution in [0, 0.1) is 34.5 Å². The second kappa shape index (κ2) is 17.1. The summed E-state index contributed by atoms with van der Waals surface area (Å²) in [4.78, 5) is 24.9. The monoisotopic (exact) mass is 874 g/mol. The van der Waals surface area contributed by atoms with Crippen LogP contribution >= 0.6 is 11.3 Å². The van der Waals surface area contributed by atoms with Gasteiger partial charge < -0.3 is 58.3 Å². The van der Waals surface area contributed by atoms with Crippen molar-refractivity contribution in [2.45, 2.75) is 197 Å². The Labute approximate surface area is 362 Å². The Morgan fingerprint density at radius 1 is 0.754 bits per heavy atom. The average molecular weight is 875 g/mol. The van der Waals surface area contributed by atoms with Crippen LogP contribution < -0.4 is 0 Å². The molecule has 8 aliphatic rings. The third-order valence-corrected chi connectivity index (χ3v) is 17.6. The van der Waals surface area contributed by atoms with Gasteiger partial charge in [-0.1, -0.05) is 19.9 Å². The summed E-state index contributed by atoms with van der Waals surface area (Å²) in [6, 6.07) is 3.42. The zero-order valence-corrected chi connectivity index (χ0v) is 36.9. The smallest absolute Gasteiger partial charge is 0.348 e. The number of aliphatic hydroxyl groups excluding tert-OH is 3. The number of hydrogen-bond acceptors (Lipinski definition) is 15. The maximum absolute atomic E-state index is 12.6. The predicted octanol–water partition coefficient (Wildman–Crippen LogP) is 5.17. The van der Waals surface area contributed by atoms with E-state index >= 15 is 0 Å². The van der Waals surface area contributed by atoms with Gasteiger partial charge in [-0.25, -0.2) is 9.59 Å². The van der Waals surface area contributed by atoms with Crippen molar-refractivity contribution in [3.63, 3.8) is 0 Å². The topological polar surface area (TPSA) is 189 Å². The number of ether oxygens (including phenoxy) is 8. The maximum Gasteiger partial charge on any atom is 0.348 e. The molecule has 20 atom stereocenters. The Kier molecular flexibility index (Phi) is 12.4. The molecular formula is C46H66O14S. The third-order valence-electron chi connectivity index (χ3n) is 16.8. The molecule has 0 bridgehead atoms. The Hall–Kier alpha value is -2.02. The van der Waals surface area contributed by atoms with Crippen LogP contribution in [0.15, 0.2) is 29.2 Å². The molecule has 4 saturated carbocycles. The molecule has 5 heterocycles. The highest BCUT2D eigenvalue weighted by Gasteiger charge is 2.68. The van der Waals surface area contributed by atoms with E-state index in [1.807, 2.05) is 6.92 Å². The standard InChI is InChI=1S/C46H66O14S/c1-23-40(58-38-20-33(48)41(24(2)55-38)59-39-21-34(49)42(25(3)56-39)60-43(51)35-7-6-16-61-35)32(47)19-37(54-23)57-28-10-13-44(4)27(18-28)8-9-31-30(44)11-14-45(5)29(12-15-46(31,45)52)26-17-36(50)53-22-26/h6-7,16-17,23-25,27-34,37-42,47-49,52H,8-15,18-22H2,1-5H3/t23-,24-,25-,27-,28+,29-,30+,31-,32+,33+,34+,37+,38+,39+,40-,41-,42-,44+,45-,46+/m1/s1. The van der Waals surface area contributed by atoms with Gasteiger partial charge in [0.05, 0.1) is 48.3 Å². The van der Waals surface area contributed by atoms with Crippen LogP contribution in [-0.4, -0.2) is 124 Å². The highest BCUT2D eigenvalue weighted by atomic mass is 32.1. The summed E-state index contributed by atoms with van der Waals surface area (Å²) in [7, 11) is 0. The molecule has 1 aromatic rings. The number of carbonyl (C=O) groups excluding carboxylic acids is 2. The normalized spacial score (nSPS) is 49.9. The van der Waals surface area contributed by atoms with E-state index in [1.54, 1.807) is 37.4 Å². The lowest BCUT2D eigenvalue weighted by atomic mass is 9.43. The van der Waals surface area contributed by atoms with E-state index in [1.165, 1.54) is 11.3 Å². The summed E-state index contributed by atoms with van der Waals surface area (Å²) in [5.41, 5.74) is 0.179. The Morgan fingerprint density at radius 3 is 1.95 bits per heavy atom. The molecular weight excluding hydrogens is 809 g/mol. The minimum atomic E-state index is -1.03. The first-order chi connectivity index (χ1) is 29.1. The van der Waals surface area contributed by atoms with E-state index in [2.05, 4.69) is 13.8 Å². The molecule has 3 saturated heterocycles. The number of thiophene rings is 1. The van der Waals surface area contributed by atoms with Crippen LogP contribution in [0.3, 0.4) is 0 Å². The summed E-state index contributed by atoms with van der Waals surface area (Å²) in [5.74, 6) is 0.569. The Morgan fingerprint density at radius 2 is 1.38 bits per heavy atom. The summed E-state index contributed by atoms with van der Waals surface area (Å²) < 4.78 is 48.4. The lowest BCUT2D eigenvalue weighted by molar-refractivity contribution is -0.336. The largest absolute Gasteiger partial charge is 0.458 e. The van der Waals surface area contributed by atoms with Gasteiger partial charge in [0, 0.05) is 30.8 Å². The van der Waals surface area contributed by atoms with Crippen LogP contribution in [0.4, 0.5) is 0 Å². The van der Waals surface area contributed by atoms with Gasteiger partial charge in [0.2, 0.25) is 0 Å². The fourth-order valence-electron chi connectivity index (χ4n) is 13.5. The van der Waals surface area contributed by atoms with Gasteiger partial charge in [-0.3, -0.25) is 0 Å². The van der Waals surface area contributed by atoms with Gasteiger partial charge >= 0.3 is 11.9 Å². The highest BCUT2D eigenvalue weighted by molar-refractivity contribution is 7.11. The van der Waals surface area contributed by atoms with Crippen molar-refractivity contribution in [2.75, 3.05) is 6.61 Å². The van der Waals surface area contributed by atoms with E-state index in [0.29, 0.717) is 23.3 Å². The zero-order chi connectivity index (χ0) is 43.0. The number of aliphatic hydroxyl groups is 4. The predicted molar refractivity (Wildman–Crippen MR) is 219 cm³/mol. The molecule has 9 rings (SSSR count). The van der Waals surface area contributed by atoms with Crippen molar-refractivity contribution in [1.29, 1.82) is 0 Å². The maximum atomic E-state index is 12.6. The van der Waals surface area contributed by atoms with E-state index in [0.717, 1.165) is 63.4 Å². The van der Waals surface area contributed by atoms with Gasteiger partial charge in [-0.05, 0) is 125 Å². The van der Waals surface area contributed by atoms with Gasteiger partial charge in [0.25, 0.3) is 0 Å². The van der Waals surface area contributed by atoms with Gasteiger partial charge in [-0.15, -0.1) is 11.3 Å². The fraction of sp³-hybridized carbons (Fsp3) is 0.826. The number of esters is 2. The SMILES string of the molecule is C[C@H]1O[C@@H](O[C@H]2[C@@H](O)C[C@H](O[C@H]3[C@@H](O)C[C@H](O[C@H]4CC[C@@]5(C)[C@H](CC[C@@H]6[C@@H]5CC[C@]5(C)[C@@H](C7=CC(=O)OC7)CC[C@]65O)C4)O[C@@H]3C)O[C@@H]2C)C[C@H](O)[C@@H]1OC(=O)c1cccs1. The molecule has 1 aromatic heterocycles. The molecule has 0 spiro atoms. The van der Waals surface area contributed by atoms with Crippen molar-refractivity contribution < 1.29 is 67.9 Å². The zero-order valence-electron chi connectivity index (χ0n) is 36.1. The first-order valence-electron chi connectivity index (χ1n) is 22.9. The van der Waals surface area contributed by atoms with Crippen LogP contribution in [0.1, 0.15) is 121 Å². The molecule has 7 fully saturated rings. The van der Waals surface area contributed by atoms with Gasteiger partial charge in [-0.2, -0.15) is 0 Å². The molecule has 4 N–H and O–H groups in total. The molecule has 340 valence electrons. The number of rotatable bonds is 9. The highest BCUT2D eigenvalue weighted by Crippen LogP contribution is 2.70. The lowest BCUT2D eigenvalue weighted by Crippen LogP contribution is -2.62. The van der Waals surface area contributed by atoms with Crippen LogP contribution in [0.2, 0.25) is 0 Å².